The van der Waals surface area contributed by atoms with Gasteiger partial charge in [-0.1, -0.05) is 58.0 Å². The standard InChI is InChI=1S/C48H76N14O12/c1-25(2)21-31(42(70)61-48(6,7)46(74)60-37(26(3)4)44(72)57-29(38(49)66)15-11-19-52-47(50)51)58-41(69)32(22-28-13-9-8-10-14-28)56-36(65)23-53-39(67)33(24-63)59-43(71)34-16-12-20-62(34)45(73)27(5)54-40(68)30-17-18-35(64)55-30/h8-10,13-14,25-27,29-34,37,63H,11-12,15-24H2,1-7H3,(H2,49,66)(H,53,67)(H,54,68)(H,55,64)(H,56,65)(H,57,72)(H,58,69)(H,59,71)(H,60,74)(H,61,70)(H4,50,51,52)/t27-,29-,30-,31-,32-,33-,34-,37-/m0/s1. The van der Waals surface area contributed by atoms with Crippen LogP contribution in [0.15, 0.2) is 35.3 Å². The zero-order chi connectivity index (χ0) is 55.4. The maximum Gasteiger partial charge on any atom is 0.245 e. The van der Waals surface area contributed by atoms with Crippen molar-refractivity contribution in [3.8, 4) is 0 Å². The predicted molar refractivity (Wildman–Crippen MR) is 269 cm³/mol. The maximum absolute atomic E-state index is 14.1. The van der Waals surface area contributed by atoms with Crippen molar-refractivity contribution in [1.82, 2.24) is 52.8 Å². The Morgan fingerprint density at radius 2 is 1.45 bits per heavy atom. The molecule has 0 unspecified atom stereocenters. The molecule has 3 rings (SSSR count). The Balaban J connectivity index is 1.67. The Bertz CT molecular complexity index is 2220. The molecule has 0 aromatic heterocycles. The van der Waals surface area contributed by atoms with Crippen molar-refractivity contribution in [1.29, 1.82) is 0 Å². The molecule has 11 amide bonds. The van der Waals surface area contributed by atoms with E-state index >= 15 is 0 Å². The van der Waals surface area contributed by atoms with Crippen LogP contribution in [0.5, 0.6) is 0 Å². The van der Waals surface area contributed by atoms with Gasteiger partial charge in [-0.2, -0.15) is 0 Å². The van der Waals surface area contributed by atoms with Gasteiger partial charge in [0.2, 0.25) is 65.0 Å². The number of nitrogens with one attached hydrogen (secondary N) is 9. The monoisotopic (exact) mass is 1040 g/mol. The second-order valence-corrected chi connectivity index (χ2v) is 19.8. The fourth-order valence-corrected chi connectivity index (χ4v) is 8.13. The van der Waals surface area contributed by atoms with Crippen LogP contribution in [0.1, 0.15) is 99.0 Å². The van der Waals surface area contributed by atoms with Crippen LogP contribution in [0.4, 0.5) is 0 Å². The number of carbonyl (C=O) groups excluding carboxylic acids is 11. The quantitative estimate of drug-likeness (QED) is 0.0215. The summed E-state index contributed by atoms with van der Waals surface area (Å²) < 4.78 is 0. The average Bonchev–Trinajstić information content (AvgIpc) is 4.01. The van der Waals surface area contributed by atoms with E-state index in [9.17, 15) is 57.8 Å². The third-order valence-electron chi connectivity index (χ3n) is 12.2. The molecule has 26 nitrogen and oxygen atoms in total. The fraction of sp³-hybridized carbons (Fsp3) is 0.625. The number of likely N-dealkylation sites (tertiary alicyclic amines) is 1. The zero-order valence-electron chi connectivity index (χ0n) is 43.2. The molecule has 0 bridgehead atoms. The van der Waals surface area contributed by atoms with E-state index in [1.165, 1.54) is 25.7 Å². The Labute approximate surface area is 430 Å². The third kappa shape index (κ3) is 19.2. The number of benzene rings is 1. The molecular weight excluding hydrogens is 965 g/mol. The van der Waals surface area contributed by atoms with E-state index in [0.29, 0.717) is 18.4 Å². The number of carbonyl (C=O) groups is 11. The molecule has 2 fully saturated rings. The van der Waals surface area contributed by atoms with Crippen LogP contribution in [0, 0.1) is 11.8 Å². The fourth-order valence-electron chi connectivity index (χ4n) is 8.13. The summed E-state index contributed by atoms with van der Waals surface area (Å²) in [4.78, 5) is 150. The highest BCUT2D eigenvalue weighted by Gasteiger charge is 2.40. The molecule has 2 aliphatic heterocycles. The second kappa shape index (κ2) is 28.8. The van der Waals surface area contributed by atoms with Gasteiger partial charge in [0.15, 0.2) is 5.96 Å². The van der Waals surface area contributed by atoms with E-state index in [0.717, 1.165) is 0 Å². The molecule has 2 saturated heterocycles. The van der Waals surface area contributed by atoms with Crippen LogP contribution < -0.4 is 65.1 Å². The number of aliphatic hydroxyl groups excluding tert-OH is 1. The topological polar surface area (TPSA) is 410 Å². The van der Waals surface area contributed by atoms with Gasteiger partial charge in [0, 0.05) is 25.9 Å². The van der Waals surface area contributed by atoms with Crippen LogP contribution in [0.25, 0.3) is 0 Å². The molecule has 410 valence electrons. The minimum atomic E-state index is -1.67. The Hall–Kier alpha value is -7.38. The molecule has 0 spiro atoms. The van der Waals surface area contributed by atoms with Crippen molar-refractivity contribution < 1.29 is 57.8 Å². The number of aliphatic hydroxyl groups is 1. The largest absolute Gasteiger partial charge is 0.394 e. The van der Waals surface area contributed by atoms with Gasteiger partial charge in [0.25, 0.3) is 0 Å². The lowest BCUT2D eigenvalue weighted by Crippen LogP contribution is -2.63. The molecule has 8 atom stereocenters. The SMILES string of the molecule is CC(C)C[C@H](NC(=O)[C@H](Cc1ccccc1)NC(=O)CNC(=O)[C@H](CO)NC(=O)[C@@H]1CCCN1C(=O)[C@H](C)NC(=O)[C@@H]1CCC(=O)N1)C(=O)NC(C)(C)C(=O)N[C@H](C(=O)N[C@@H](CCCN=C(N)N)C(N)=O)C(C)C. The zero-order valence-corrected chi connectivity index (χ0v) is 43.2. The highest BCUT2D eigenvalue weighted by atomic mass is 16.3. The van der Waals surface area contributed by atoms with Crippen LogP contribution in [-0.2, 0) is 59.2 Å². The van der Waals surface area contributed by atoms with E-state index in [1.807, 2.05) is 0 Å². The number of aliphatic imine (C=N–C) groups is 1. The van der Waals surface area contributed by atoms with Gasteiger partial charge in [-0.15, -0.1) is 0 Å². The lowest BCUT2D eigenvalue weighted by Gasteiger charge is -2.32. The molecule has 0 saturated carbocycles. The van der Waals surface area contributed by atoms with Crippen molar-refractivity contribution in [2.45, 2.75) is 154 Å². The van der Waals surface area contributed by atoms with Gasteiger partial charge in [-0.05, 0) is 76.7 Å². The van der Waals surface area contributed by atoms with Gasteiger partial charge < -0.3 is 75.1 Å². The first kappa shape index (κ1) is 60.9. The number of amides is 11. The predicted octanol–water partition coefficient (Wildman–Crippen LogP) is -4.33. The summed E-state index contributed by atoms with van der Waals surface area (Å²) in [6, 6.07) is -0.631. The minimum absolute atomic E-state index is 0.0623. The normalized spacial score (nSPS) is 17.8. The minimum Gasteiger partial charge on any atom is -0.394 e. The Morgan fingerprint density at radius 1 is 0.784 bits per heavy atom. The first-order valence-corrected chi connectivity index (χ1v) is 24.7. The van der Waals surface area contributed by atoms with Crippen molar-refractivity contribution in [2.75, 3.05) is 26.2 Å². The molecule has 26 heteroatoms. The summed E-state index contributed by atoms with van der Waals surface area (Å²) in [6.45, 7) is 9.94. The van der Waals surface area contributed by atoms with Crippen LogP contribution >= 0.6 is 0 Å². The number of nitrogens with two attached hydrogens (primary N) is 3. The lowest BCUT2D eigenvalue weighted by atomic mass is 9.97. The van der Waals surface area contributed by atoms with E-state index in [4.69, 9.17) is 17.2 Å². The summed E-state index contributed by atoms with van der Waals surface area (Å²) in [5.74, 6) is -8.58. The molecule has 74 heavy (non-hydrogen) atoms. The first-order valence-electron chi connectivity index (χ1n) is 24.7. The average molecular weight is 1040 g/mol. The number of primary amides is 1. The second-order valence-electron chi connectivity index (χ2n) is 19.8. The van der Waals surface area contributed by atoms with Gasteiger partial charge in [-0.3, -0.25) is 57.7 Å². The van der Waals surface area contributed by atoms with Crippen molar-refractivity contribution in [2.24, 2.45) is 34.0 Å². The molecule has 1 aromatic carbocycles. The molecule has 2 aliphatic rings. The van der Waals surface area contributed by atoms with E-state index in [-0.39, 0.29) is 69.4 Å². The molecule has 0 radical (unpaired) electrons. The Kier molecular flexibility index (Phi) is 23.7. The summed E-state index contributed by atoms with van der Waals surface area (Å²) in [5, 5.41) is 33.1. The summed E-state index contributed by atoms with van der Waals surface area (Å²) in [7, 11) is 0. The van der Waals surface area contributed by atoms with Crippen LogP contribution in [0.2, 0.25) is 0 Å². The van der Waals surface area contributed by atoms with E-state index in [1.54, 1.807) is 58.0 Å². The maximum atomic E-state index is 14.1. The van der Waals surface area contributed by atoms with E-state index in [2.05, 4.69) is 52.8 Å². The van der Waals surface area contributed by atoms with E-state index < -0.39 is 132 Å². The molecule has 0 aliphatic carbocycles. The molecule has 16 N–H and O–H groups in total. The highest BCUT2D eigenvalue weighted by molar-refractivity contribution is 5.99. The smallest absolute Gasteiger partial charge is 0.245 e. The summed E-state index contributed by atoms with van der Waals surface area (Å²) in [6.07, 6.45) is 1.57. The summed E-state index contributed by atoms with van der Waals surface area (Å²) in [5.41, 5.74) is 15.2. The van der Waals surface area contributed by atoms with Crippen molar-refractivity contribution in [3.05, 3.63) is 35.9 Å². The van der Waals surface area contributed by atoms with Gasteiger partial charge in [-0.25, -0.2) is 0 Å². The number of rotatable bonds is 28. The molecular formula is C48H76N14O12. The number of hydrogen-bond donors (Lipinski definition) is 13. The van der Waals surface area contributed by atoms with Crippen molar-refractivity contribution >= 4 is 70.9 Å². The number of guanidine groups is 1. The third-order valence-corrected chi connectivity index (χ3v) is 12.2. The van der Waals surface area contributed by atoms with Crippen molar-refractivity contribution in [3.63, 3.8) is 0 Å². The Morgan fingerprint density at radius 3 is 2.03 bits per heavy atom. The van der Waals surface area contributed by atoms with Crippen LogP contribution in [-0.4, -0.2) is 161 Å². The number of hydrogen-bond acceptors (Lipinski definition) is 13. The van der Waals surface area contributed by atoms with Gasteiger partial charge in [0.1, 0.15) is 53.9 Å². The summed E-state index contributed by atoms with van der Waals surface area (Å²) >= 11 is 0. The molecule has 2 heterocycles. The lowest BCUT2D eigenvalue weighted by molar-refractivity contribution is -0.142. The van der Waals surface area contributed by atoms with Gasteiger partial charge in [0.05, 0.1) is 13.2 Å². The molecule has 1 aromatic rings. The number of nitrogens with zero attached hydrogens (tertiary/aromatic N) is 2. The van der Waals surface area contributed by atoms with Gasteiger partial charge >= 0.3 is 0 Å². The van der Waals surface area contributed by atoms with Crippen LogP contribution in [0.3, 0.4) is 0 Å². The first-order chi connectivity index (χ1) is 34.7. The highest BCUT2D eigenvalue weighted by Crippen LogP contribution is 2.20.